The third-order valence-corrected chi connectivity index (χ3v) is 4.21. The first-order chi connectivity index (χ1) is 9.46. The van der Waals surface area contributed by atoms with Crippen molar-refractivity contribution >= 4 is 10.9 Å². The van der Waals surface area contributed by atoms with Crippen molar-refractivity contribution in [2.75, 3.05) is 20.6 Å². The predicted molar refractivity (Wildman–Crippen MR) is 85.9 cm³/mol. The van der Waals surface area contributed by atoms with Crippen LogP contribution in [0.3, 0.4) is 0 Å². The standard InChI is InChI=1S/C17H25N3/c1-6-18-16(17(2,3)20(4)5)14-11-13-9-7-8-10-15(13)19-12-14/h7-12,16,18H,6H2,1-5H3. The van der Waals surface area contributed by atoms with E-state index in [-0.39, 0.29) is 11.6 Å². The molecule has 0 radical (unpaired) electrons. The molecule has 2 rings (SSSR count). The third kappa shape index (κ3) is 2.84. The summed E-state index contributed by atoms with van der Waals surface area (Å²) in [5.41, 5.74) is 2.30. The second kappa shape index (κ2) is 5.90. The fourth-order valence-electron chi connectivity index (χ4n) is 2.48. The highest BCUT2D eigenvalue weighted by molar-refractivity contribution is 5.78. The number of rotatable bonds is 5. The zero-order chi connectivity index (χ0) is 14.8. The maximum absolute atomic E-state index is 4.60. The highest BCUT2D eigenvalue weighted by atomic mass is 15.2. The number of likely N-dealkylation sites (N-methyl/N-ethyl adjacent to an activating group) is 2. The Morgan fingerprint density at radius 1 is 1.25 bits per heavy atom. The summed E-state index contributed by atoms with van der Waals surface area (Å²) in [5, 5.41) is 4.80. The number of pyridine rings is 1. The van der Waals surface area contributed by atoms with Crippen LogP contribution in [0.4, 0.5) is 0 Å². The average molecular weight is 271 g/mol. The maximum atomic E-state index is 4.60. The molecule has 1 heterocycles. The second-order valence-corrected chi connectivity index (χ2v) is 6.00. The highest BCUT2D eigenvalue weighted by Gasteiger charge is 2.32. The van der Waals surface area contributed by atoms with E-state index >= 15 is 0 Å². The summed E-state index contributed by atoms with van der Waals surface area (Å²) < 4.78 is 0. The van der Waals surface area contributed by atoms with Crippen LogP contribution in [0.1, 0.15) is 32.4 Å². The molecule has 1 atom stereocenters. The van der Waals surface area contributed by atoms with Crippen LogP contribution >= 0.6 is 0 Å². The molecule has 0 saturated heterocycles. The minimum absolute atomic E-state index is 0.0140. The van der Waals surface area contributed by atoms with Gasteiger partial charge in [-0.1, -0.05) is 25.1 Å². The van der Waals surface area contributed by atoms with E-state index in [1.54, 1.807) is 0 Å². The Kier molecular flexibility index (Phi) is 4.41. The van der Waals surface area contributed by atoms with Crippen molar-refractivity contribution in [2.24, 2.45) is 0 Å². The topological polar surface area (TPSA) is 28.2 Å². The summed E-state index contributed by atoms with van der Waals surface area (Å²) in [6, 6.07) is 10.8. The van der Waals surface area contributed by atoms with Gasteiger partial charge in [0, 0.05) is 17.1 Å². The number of benzene rings is 1. The van der Waals surface area contributed by atoms with Crippen LogP contribution in [0.15, 0.2) is 36.5 Å². The van der Waals surface area contributed by atoms with Crippen molar-refractivity contribution in [3.05, 3.63) is 42.1 Å². The summed E-state index contributed by atoms with van der Waals surface area (Å²) in [4.78, 5) is 6.86. The second-order valence-electron chi connectivity index (χ2n) is 6.00. The smallest absolute Gasteiger partial charge is 0.0702 e. The number of hydrogen-bond donors (Lipinski definition) is 1. The largest absolute Gasteiger partial charge is 0.309 e. The van der Waals surface area contributed by atoms with Gasteiger partial charge >= 0.3 is 0 Å². The first kappa shape index (κ1) is 14.9. The van der Waals surface area contributed by atoms with Crippen molar-refractivity contribution in [1.82, 2.24) is 15.2 Å². The number of nitrogens with zero attached hydrogens (tertiary/aromatic N) is 2. The minimum atomic E-state index is 0.0140. The molecule has 0 spiro atoms. The molecular formula is C17H25N3. The van der Waals surface area contributed by atoms with Crippen molar-refractivity contribution in [3.8, 4) is 0 Å². The quantitative estimate of drug-likeness (QED) is 0.905. The zero-order valence-electron chi connectivity index (χ0n) is 13.1. The van der Waals surface area contributed by atoms with E-state index in [1.807, 2.05) is 12.3 Å². The van der Waals surface area contributed by atoms with E-state index < -0.39 is 0 Å². The summed E-state index contributed by atoms with van der Waals surface area (Å²) in [7, 11) is 4.25. The molecule has 0 aliphatic rings. The number of para-hydroxylation sites is 1. The molecular weight excluding hydrogens is 246 g/mol. The van der Waals surface area contributed by atoms with E-state index in [0.29, 0.717) is 0 Å². The summed E-state index contributed by atoms with van der Waals surface area (Å²) in [5.74, 6) is 0. The van der Waals surface area contributed by atoms with Gasteiger partial charge in [0.15, 0.2) is 0 Å². The van der Waals surface area contributed by atoms with E-state index in [9.17, 15) is 0 Å². The van der Waals surface area contributed by atoms with Gasteiger partial charge < -0.3 is 10.2 Å². The summed E-state index contributed by atoms with van der Waals surface area (Å²) >= 11 is 0. The third-order valence-electron chi connectivity index (χ3n) is 4.21. The lowest BCUT2D eigenvalue weighted by molar-refractivity contribution is 0.139. The SMILES string of the molecule is CCNC(c1cnc2ccccc2c1)C(C)(C)N(C)C. The van der Waals surface area contributed by atoms with E-state index in [4.69, 9.17) is 0 Å². The Morgan fingerprint density at radius 3 is 2.60 bits per heavy atom. The monoisotopic (exact) mass is 271 g/mol. The summed E-state index contributed by atoms with van der Waals surface area (Å²) in [6.45, 7) is 7.60. The van der Waals surface area contributed by atoms with Gasteiger partial charge in [-0.3, -0.25) is 4.98 Å². The van der Waals surface area contributed by atoms with Gasteiger partial charge in [-0.25, -0.2) is 0 Å². The molecule has 0 aliphatic carbocycles. The van der Waals surface area contributed by atoms with E-state index in [0.717, 1.165) is 12.1 Å². The number of hydrogen-bond acceptors (Lipinski definition) is 3. The van der Waals surface area contributed by atoms with Crippen LogP contribution in [-0.2, 0) is 0 Å². The Bertz CT molecular complexity index is 575. The molecule has 3 nitrogen and oxygen atoms in total. The van der Waals surface area contributed by atoms with Gasteiger partial charge in [-0.15, -0.1) is 0 Å². The van der Waals surface area contributed by atoms with Gasteiger partial charge in [0.25, 0.3) is 0 Å². The normalized spacial score (nSPS) is 13.9. The fraction of sp³-hybridized carbons (Fsp3) is 0.471. The molecule has 0 amide bonds. The lowest BCUT2D eigenvalue weighted by Crippen LogP contribution is -2.49. The predicted octanol–water partition coefficient (Wildman–Crippen LogP) is 3.23. The van der Waals surface area contributed by atoms with Crippen LogP contribution in [0, 0.1) is 0 Å². The van der Waals surface area contributed by atoms with E-state index in [1.165, 1.54) is 10.9 Å². The van der Waals surface area contributed by atoms with E-state index in [2.05, 4.69) is 74.3 Å². The molecule has 1 aromatic carbocycles. The van der Waals surface area contributed by atoms with Crippen molar-refractivity contribution < 1.29 is 0 Å². The van der Waals surface area contributed by atoms with Gasteiger partial charge in [-0.2, -0.15) is 0 Å². The number of aromatic nitrogens is 1. The van der Waals surface area contributed by atoms with Gasteiger partial charge in [-0.05, 0) is 52.2 Å². The van der Waals surface area contributed by atoms with Crippen molar-refractivity contribution in [2.45, 2.75) is 32.4 Å². The molecule has 1 aromatic heterocycles. The molecule has 0 aliphatic heterocycles. The first-order valence-electron chi connectivity index (χ1n) is 7.22. The molecule has 108 valence electrons. The molecule has 0 saturated carbocycles. The average Bonchev–Trinajstić information content (AvgIpc) is 2.44. The van der Waals surface area contributed by atoms with Gasteiger partial charge in [0.2, 0.25) is 0 Å². The van der Waals surface area contributed by atoms with Crippen molar-refractivity contribution in [1.29, 1.82) is 0 Å². The highest BCUT2D eigenvalue weighted by Crippen LogP contribution is 2.30. The first-order valence-corrected chi connectivity index (χ1v) is 7.22. The van der Waals surface area contributed by atoms with Crippen LogP contribution in [-0.4, -0.2) is 36.1 Å². The Labute approximate surface area is 122 Å². The lowest BCUT2D eigenvalue weighted by Gasteiger charge is -2.40. The van der Waals surface area contributed by atoms with Crippen LogP contribution in [0.25, 0.3) is 10.9 Å². The van der Waals surface area contributed by atoms with Crippen LogP contribution in [0.2, 0.25) is 0 Å². The van der Waals surface area contributed by atoms with Crippen LogP contribution < -0.4 is 5.32 Å². The molecule has 20 heavy (non-hydrogen) atoms. The number of nitrogens with one attached hydrogen (secondary N) is 1. The molecule has 3 heteroatoms. The molecule has 2 aromatic rings. The van der Waals surface area contributed by atoms with Crippen LogP contribution in [0.5, 0.6) is 0 Å². The maximum Gasteiger partial charge on any atom is 0.0702 e. The Balaban J connectivity index is 2.46. The Hall–Kier alpha value is -1.45. The fourth-order valence-corrected chi connectivity index (χ4v) is 2.48. The molecule has 0 fully saturated rings. The number of fused-ring (bicyclic) bond motifs is 1. The Morgan fingerprint density at radius 2 is 1.95 bits per heavy atom. The minimum Gasteiger partial charge on any atom is -0.309 e. The van der Waals surface area contributed by atoms with Crippen molar-refractivity contribution in [3.63, 3.8) is 0 Å². The lowest BCUT2D eigenvalue weighted by atomic mass is 9.87. The van der Waals surface area contributed by atoms with Gasteiger partial charge in [0.05, 0.1) is 11.6 Å². The molecule has 1 unspecified atom stereocenters. The molecule has 0 bridgehead atoms. The zero-order valence-corrected chi connectivity index (χ0v) is 13.1. The molecule has 1 N–H and O–H groups in total. The van der Waals surface area contributed by atoms with Gasteiger partial charge in [0.1, 0.15) is 0 Å². The summed E-state index contributed by atoms with van der Waals surface area (Å²) in [6.07, 6.45) is 2.00.